The van der Waals surface area contributed by atoms with Gasteiger partial charge in [-0.2, -0.15) is 25.3 Å². The van der Waals surface area contributed by atoms with Crippen LogP contribution in [0.15, 0.2) is 12.2 Å². The maximum atomic E-state index is 4.25. The minimum atomic E-state index is 0.400. The van der Waals surface area contributed by atoms with Crippen molar-refractivity contribution in [3.05, 3.63) is 12.2 Å². The molecule has 0 saturated heterocycles. The van der Waals surface area contributed by atoms with Crippen molar-refractivity contribution in [1.82, 2.24) is 0 Å². The van der Waals surface area contributed by atoms with Crippen LogP contribution in [0.4, 0.5) is 0 Å². The van der Waals surface area contributed by atoms with Crippen LogP contribution in [0.1, 0.15) is 13.3 Å². The first-order valence-corrected chi connectivity index (χ1v) is 3.88. The van der Waals surface area contributed by atoms with Crippen LogP contribution in [0.3, 0.4) is 0 Å². The number of hydrogen-bond acceptors (Lipinski definition) is 2. The molecule has 0 amide bonds. The van der Waals surface area contributed by atoms with Crippen molar-refractivity contribution in [2.75, 3.05) is 5.75 Å². The van der Waals surface area contributed by atoms with E-state index in [2.05, 4.69) is 31.3 Å². The quantitative estimate of drug-likeness (QED) is 0.445. The summed E-state index contributed by atoms with van der Waals surface area (Å²) < 4.78 is 0. The van der Waals surface area contributed by atoms with Crippen LogP contribution < -0.4 is 0 Å². The molecule has 2 heteroatoms. The summed E-state index contributed by atoms with van der Waals surface area (Å²) in [6.45, 7) is 2.00. The molecule has 0 aliphatic carbocycles. The molecule has 0 aliphatic heterocycles. The van der Waals surface area contributed by atoms with E-state index >= 15 is 0 Å². The minimum Gasteiger partial charge on any atom is -0.179 e. The fourth-order valence-electron chi connectivity index (χ4n) is 0.451. The maximum absolute atomic E-state index is 4.25. The average Bonchev–Trinajstić information content (AvgIpc) is 1.68. The largest absolute Gasteiger partial charge is 0.179 e. The Kier molecular flexibility index (Phi) is 5.88. The predicted molar refractivity (Wildman–Crippen MR) is 46.1 cm³/mol. The summed E-state index contributed by atoms with van der Waals surface area (Å²) >= 11 is 8.32. The molecule has 0 nitrogen and oxygen atoms in total. The van der Waals surface area contributed by atoms with E-state index in [1.165, 1.54) is 0 Å². The first-order chi connectivity index (χ1) is 3.81. The number of hydrogen-bond donors (Lipinski definition) is 2. The SMILES string of the molecule is CC=CC(S)CCS. The van der Waals surface area contributed by atoms with Gasteiger partial charge in [-0.15, -0.1) is 0 Å². The van der Waals surface area contributed by atoms with Crippen molar-refractivity contribution in [2.45, 2.75) is 18.6 Å². The van der Waals surface area contributed by atoms with Crippen molar-refractivity contribution in [3.63, 3.8) is 0 Å². The van der Waals surface area contributed by atoms with Gasteiger partial charge in [-0.3, -0.25) is 0 Å². The molecule has 0 saturated carbocycles. The van der Waals surface area contributed by atoms with Gasteiger partial charge in [-0.25, -0.2) is 0 Å². The lowest BCUT2D eigenvalue weighted by molar-refractivity contribution is 0.999. The third kappa shape index (κ3) is 4.60. The van der Waals surface area contributed by atoms with E-state index in [1.54, 1.807) is 0 Å². The molecule has 0 aromatic heterocycles. The van der Waals surface area contributed by atoms with Crippen molar-refractivity contribution in [1.29, 1.82) is 0 Å². The molecule has 48 valence electrons. The van der Waals surface area contributed by atoms with Crippen LogP contribution in [0.5, 0.6) is 0 Å². The van der Waals surface area contributed by atoms with Crippen LogP contribution in [0.2, 0.25) is 0 Å². The normalized spacial score (nSPS) is 14.9. The van der Waals surface area contributed by atoms with Gasteiger partial charge in [0.25, 0.3) is 0 Å². The van der Waals surface area contributed by atoms with Gasteiger partial charge in [-0.1, -0.05) is 12.2 Å². The molecule has 0 spiro atoms. The van der Waals surface area contributed by atoms with Gasteiger partial charge in [0.15, 0.2) is 0 Å². The van der Waals surface area contributed by atoms with E-state index < -0.39 is 0 Å². The molecular weight excluding hydrogens is 136 g/mol. The highest BCUT2D eigenvalue weighted by molar-refractivity contribution is 7.81. The lowest BCUT2D eigenvalue weighted by Crippen LogP contribution is -1.92. The van der Waals surface area contributed by atoms with E-state index in [9.17, 15) is 0 Å². The minimum absolute atomic E-state index is 0.400. The second-order valence-electron chi connectivity index (χ2n) is 1.61. The van der Waals surface area contributed by atoms with E-state index in [1.807, 2.05) is 13.0 Å². The van der Waals surface area contributed by atoms with Crippen LogP contribution in [-0.4, -0.2) is 11.0 Å². The number of allylic oxidation sites excluding steroid dienone is 1. The zero-order chi connectivity index (χ0) is 6.41. The van der Waals surface area contributed by atoms with Gasteiger partial charge in [-0.05, 0) is 19.1 Å². The van der Waals surface area contributed by atoms with Crippen molar-refractivity contribution >= 4 is 25.3 Å². The lowest BCUT2D eigenvalue weighted by Gasteiger charge is -1.98. The Morgan fingerprint density at radius 1 is 1.62 bits per heavy atom. The van der Waals surface area contributed by atoms with Crippen molar-refractivity contribution in [3.8, 4) is 0 Å². The van der Waals surface area contributed by atoms with Gasteiger partial charge in [0.1, 0.15) is 0 Å². The highest BCUT2D eigenvalue weighted by atomic mass is 32.1. The Hall–Kier alpha value is 0.440. The van der Waals surface area contributed by atoms with E-state index in [-0.39, 0.29) is 0 Å². The summed E-state index contributed by atoms with van der Waals surface area (Å²) in [6.07, 6.45) is 5.14. The Bertz CT molecular complexity index is 68.9. The van der Waals surface area contributed by atoms with Gasteiger partial charge in [0, 0.05) is 5.25 Å². The predicted octanol–water partition coefficient (Wildman–Crippen LogP) is 2.18. The molecule has 0 heterocycles. The lowest BCUT2D eigenvalue weighted by atomic mass is 10.3. The van der Waals surface area contributed by atoms with Crippen molar-refractivity contribution in [2.24, 2.45) is 0 Å². The standard InChI is InChI=1S/C6H12S2/c1-2-3-6(8)4-5-7/h2-3,6-8H,4-5H2,1H3. The summed E-state index contributed by atoms with van der Waals surface area (Å²) in [4.78, 5) is 0. The zero-order valence-corrected chi connectivity index (χ0v) is 6.83. The Morgan fingerprint density at radius 2 is 2.25 bits per heavy atom. The fraction of sp³-hybridized carbons (Fsp3) is 0.667. The van der Waals surface area contributed by atoms with Crippen LogP contribution in [0.25, 0.3) is 0 Å². The molecule has 1 unspecified atom stereocenters. The molecule has 0 bridgehead atoms. The Labute approximate surface area is 62.2 Å². The second kappa shape index (κ2) is 5.57. The first kappa shape index (κ1) is 8.44. The smallest absolute Gasteiger partial charge is 0.0204 e. The van der Waals surface area contributed by atoms with E-state index in [0.717, 1.165) is 12.2 Å². The zero-order valence-electron chi connectivity index (χ0n) is 5.04. The van der Waals surface area contributed by atoms with Crippen LogP contribution in [-0.2, 0) is 0 Å². The van der Waals surface area contributed by atoms with Crippen LogP contribution >= 0.6 is 25.3 Å². The molecule has 0 aromatic carbocycles. The number of rotatable bonds is 3. The molecule has 0 radical (unpaired) electrons. The highest BCUT2D eigenvalue weighted by Crippen LogP contribution is 2.03. The van der Waals surface area contributed by atoms with Gasteiger partial charge in [0.2, 0.25) is 0 Å². The molecular formula is C6H12S2. The average molecular weight is 148 g/mol. The van der Waals surface area contributed by atoms with E-state index in [4.69, 9.17) is 0 Å². The van der Waals surface area contributed by atoms with Gasteiger partial charge < -0.3 is 0 Å². The topological polar surface area (TPSA) is 0 Å². The molecule has 0 aromatic rings. The highest BCUT2D eigenvalue weighted by Gasteiger charge is 1.91. The van der Waals surface area contributed by atoms with Gasteiger partial charge >= 0.3 is 0 Å². The van der Waals surface area contributed by atoms with Crippen LogP contribution in [0, 0.1) is 0 Å². The maximum Gasteiger partial charge on any atom is 0.0204 e. The third-order valence-electron chi connectivity index (χ3n) is 0.839. The van der Waals surface area contributed by atoms with E-state index in [0.29, 0.717) is 5.25 Å². The third-order valence-corrected chi connectivity index (χ3v) is 1.53. The molecule has 0 fully saturated rings. The molecule has 8 heavy (non-hydrogen) atoms. The summed E-state index contributed by atoms with van der Waals surface area (Å²) in [6, 6.07) is 0. The summed E-state index contributed by atoms with van der Waals surface area (Å²) in [7, 11) is 0. The fourth-order valence-corrected chi connectivity index (χ4v) is 1.23. The molecule has 1 atom stereocenters. The summed E-state index contributed by atoms with van der Waals surface area (Å²) in [5.74, 6) is 0.915. The number of thiol groups is 2. The first-order valence-electron chi connectivity index (χ1n) is 2.73. The second-order valence-corrected chi connectivity index (χ2v) is 2.72. The molecule has 0 aliphatic rings. The van der Waals surface area contributed by atoms with Crippen molar-refractivity contribution < 1.29 is 0 Å². The molecule has 0 rings (SSSR count). The monoisotopic (exact) mass is 148 g/mol. The molecule has 0 N–H and O–H groups in total. The Morgan fingerprint density at radius 3 is 2.62 bits per heavy atom. The summed E-state index contributed by atoms with van der Waals surface area (Å²) in [5, 5.41) is 0.400. The Balaban J connectivity index is 3.17. The summed E-state index contributed by atoms with van der Waals surface area (Å²) in [5.41, 5.74) is 0. The van der Waals surface area contributed by atoms with Gasteiger partial charge in [0.05, 0.1) is 0 Å².